The summed E-state index contributed by atoms with van der Waals surface area (Å²) >= 11 is 0. The van der Waals surface area contributed by atoms with Crippen LogP contribution in [0.25, 0.3) is 0 Å². The van der Waals surface area contributed by atoms with Gasteiger partial charge in [0, 0.05) is 50.5 Å². The molecular weight excluding hydrogens is 508 g/mol. The van der Waals surface area contributed by atoms with E-state index in [0.29, 0.717) is 31.4 Å². The van der Waals surface area contributed by atoms with Crippen LogP contribution in [0.3, 0.4) is 0 Å². The Balaban J connectivity index is 1.50. The Morgan fingerprint density at radius 3 is 2.44 bits per heavy atom. The van der Waals surface area contributed by atoms with Gasteiger partial charge in [0.2, 0.25) is 11.8 Å². The van der Waals surface area contributed by atoms with Gasteiger partial charge in [-0.15, -0.1) is 0 Å². The van der Waals surface area contributed by atoms with Crippen LogP contribution in [-0.4, -0.2) is 66.3 Å². The number of nitrogens with one attached hydrogen (secondary N) is 2. The van der Waals surface area contributed by atoms with Crippen molar-refractivity contribution >= 4 is 29.4 Å². The molecule has 1 heterocycles. The fraction of sp³-hybridized carbons (Fsp3) is 0.429. The number of benzene rings is 2. The highest BCUT2D eigenvalue weighted by atomic mass is 19.1. The van der Waals surface area contributed by atoms with Gasteiger partial charge in [-0.3, -0.25) is 19.7 Å². The van der Waals surface area contributed by atoms with Crippen molar-refractivity contribution in [2.45, 2.75) is 44.7 Å². The van der Waals surface area contributed by atoms with Gasteiger partial charge in [0.15, 0.2) is 0 Å². The van der Waals surface area contributed by atoms with Crippen LogP contribution in [0.5, 0.6) is 0 Å². The van der Waals surface area contributed by atoms with E-state index in [0.717, 1.165) is 35.9 Å². The van der Waals surface area contributed by atoms with Crippen molar-refractivity contribution in [3.8, 4) is 0 Å². The van der Waals surface area contributed by atoms with Crippen molar-refractivity contribution in [2.75, 3.05) is 32.5 Å². The number of likely N-dealkylation sites (N-methyl/N-ethyl adjacent to an activating group) is 1. The van der Waals surface area contributed by atoms with Crippen LogP contribution >= 0.6 is 0 Å². The van der Waals surface area contributed by atoms with E-state index in [9.17, 15) is 28.0 Å². The highest BCUT2D eigenvalue weighted by Crippen LogP contribution is 2.38. The zero-order valence-corrected chi connectivity index (χ0v) is 22.4. The summed E-state index contributed by atoms with van der Waals surface area (Å²) in [6.07, 6.45) is 1.88. The first-order chi connectivity index (χ1) is 18.6. The largest absolute Gasteiger partial charge is 0.349 e. The van der Waals surface area contributed by atoms with Gasteiger partial charge >= 0.3 is 6.03 Å². The summed E-state index contributed by atoms with van der Waals surface area (Å²) in [7, 11) is 3.50. The maximum absolute atomic E-state index is 13.8. The minimum absolute atomic E-state index is 0.116. The molecule has 208 valence electrons. The Kier molecular flexibility index (Phi) is 8.29. The predicted molar refractivity (Wildman–Crippen MR) is 139 cm³/mol. The third-order valence-corrected chi connectivity index (χ3v) is 7.63. The number of fused-ring (bicyclic) bond motifs is 1. The van der Waals surface area contributed by atoms with Gasteiger partial charge in [-0.1, -0.05) is 13.0 Å². The van der Waals surface area contributed by atoms with E-state index >= 15 is 0 Å². The quantitative estimate of drug-likeness (QED) is 0.395. The fourth-order valence-electron chi connectivity index (χ4n) is 5.41. The lowest BCUT2D eigenvalue weighted by atomic mass is 9.95. The lowest BCUT2D eigenvalue weighted by Crippen LogP contribution is -2.80. The van der Waals surface area contributed by atoms with Gasteiger partial charge in [-0.25, -0.2) is 13.6 Å². The van der Waals surface area contributed by atoms with Gasteiger partial charge in [-0.2, -0.15) is 0 Å². The molecule has 1 saturated heterocycles. The number of urea groups is 1. The first kappa shape index (κ1) is 28.2. The second-order valence-corrected chi connectivity index (χ2v) is 10.3. The number of nitrogens with two attached hydrogens (primary N) is 1. The number of imide groups is 1. The molecular formula is C28H34F2N5O4+. The summed E-state index contributed by atoms with van der Waals surface area (Å²) in [5, 5.41) is 7.13. The van der Waals surface area contributed by atoms with Gasteiger partial charge in [-0.05, 0) is 47.4 Å². The number of amides is 5. The first-order valence-electron chi connectivity index (χ1n) is 13.1. The van der Waals surface area contributed by atoms with Gasteiger partial charge < -0.3 is 20.4 Å². The number of quaternary nitrogens is 1. The molecule has 1 aliphatic heterocycles. The Labute approximate surface area is 225 Å². The predicted octanol–water partition coefficient (Wildman–Crippen LogP) is 1.56. The minimum Gasteiger partial charge on any atom is -0.349 e. The topological polar surface area (TPSA) is 115 Å². The van der Waals surface area contributed by atoms with E-state index in [1.807, 2.05) is 25.4 Å². The normalized spacial score (nSPS) is 18.7. The summed E-state index contributed by atoms with van der Waals surface area (Å²) in [6.45, 7) is 2.21. The number of halogens is 2. The van der Waals surface area contributed by atoms with E-state index in [1.165, 1.54) is 9.80 Å². The zero-order valence-electron chi connectivity index (χ0n) is 22.4. The van der Waals surface area contributed by atoms with Gasteiger partial charge in [0.05, 0.1) is 13.6 Å². The molecule has 2 unspecified atom stereocenters. The Morgan fingerprint density at radius 2 is 1.82 bits per heavy atom. The number of nitrogens with zero attached hydrogens (tertiary/aromatic N) is 2. The average molecular weight is 543 g/mol. The lowest BCUT2D eigenvalue weighted by molar-refractivity contribution is -0.627. The van der Waals surface area contributed by atoms with Crippen LogP contribution < -0.4 is 16.0 Å². The van der Waals surface area contributed by atoms with E-state index < -0.39 is 29.1 Å². The number of rotatable bonds is 10. The summed E-state index contributed by atoms with van der Waals surface area (Å²) in [6, 6.07) is 7.92. The van der Waals surface area contributed by atoms with Crippen molar-refractivity contribution in [3.05, 3.63) is 64.7 Å². The van der Waals surface area contributed by atoms with Crippen LogP contribution in [0.4, 0.5) is 19.3 Å². The molecule has 2 aromatic carbocycles. The van der Waals surface area contributed by atoms with Crippen LogP contribution in [0.1, 0.15) is 36.5 Å². The Morgan fingerprint density at radius 1 is 1.13 bits per heavy atom. The van der Waals surface area contributed by atoms with Crippen LogP contribution in [0, 0.1) is 17.6 Å². The smallest absolute Gasteiger partial charge is 0.324 e. The minimum atomic E-state index is -0.976. The molecule has 4 rings (SSSR count). The standard InChI is InChI=1S/C28H33F2N5O4/c1-4-18(7-8-31-2)25(37)35(15-17-9-21(29)12-22(30)10-17)16-24(36)32-23-6-5-19-13-28(14-20(19)11-23)26(38)33-27(39)34(28)3/h5-6,9-12,18,31H,4,7-8,13-16H2,1-3H3,(H,32,36)(H,33,38,39)/p+1. The summed E-state index contributed by atoms with van der Waals surface area (Å²) in [5.41, 5.74) is 1.51. The molecule has 1 aliphatic carbocycles. The maximum atomic E-state index is 13.8. The van der Waals surface area contributed by atoms with Crippen molar-refractivity contribution in [1.29, 1.82) is 0 Å². The van der Waals surface area contributed by atoms with E-state index in [4.69, 9.17) is 0 Å². The lowest BCUT2D eigenvalue weighted by Gasteiger charge is -2.27. The molecule has 0 aromatic heterocycles. The maximum Gasteiger partial charge on any atom is 0.324 e. The molecule has 0 bridgehead atoms. The first-order valence-corrected chi connectivity index (χ1v) is 13.1. The van der Waals surface area contributed by atoms with Crippen LogP contribution in [0.15, 0.2) is 36.4 Å². The molecule has 1 fully saturated rings. The van der Waals surface area contributed by atoms with Gasteiger partial charge in [0.1, 0.15) is 23.7 Å². The fourth-order valence-corrected chi connectivity index (χ4v) is 5.41. The molecule has 0 radical (unpaired) electrons. The number of hydrogen-bond donors (Lipinski definition) is 3. The molecule has 11 heteroatoms. The monoisotopic (exact) mass is 542 g/mol. The molecule has 0 saturated carbocycles. The molecule has 2 aromatic rings. The van der Waals surface area contributed by atoms with E-state index in [-0.39, 0.29) is 36.4 Å². The highest BCUT2D eigenvalue weighted by molar-refractivity contribution is 6.07. The SMILES string of the molecule is CCC(CC[NH2+]C)C(=O)N(CC(=O)Nc1ccc2c(c1)CC1(C2)C(=O)NC(=O)N1C)Cc1cc(F)cc(F)c1. The third kappa shape index (κ3) is 5.93. The molecule has 39 heavy (non-hydrogen) atoms. The molecule has 2 aliphatic rings. The molecule has 1 spiro atoms. The van der Waals surface area contributed by atoms with Crippen LogP contribution in [-0.2, 0) is 33.8 Å². The van der Waals surface area contributed by atoms with E-state index in [2.05, 4.69) is 10.6 Å². The summed E-state index contributed by atoms with van der Waals surface area (Å²) in [5.74, 6) is -2.90. The number of anilines is 1. The van der Waals surface area contributed by atoms with Crippen LogP contribution in [0.2, 0.25) is 0 Å². The second-order valence-electron chi connectivity index (χ2n) is 10.3. The third-order valence-electron chi connectivity index (χ3n) is 7.63. The number of carbonyl (C=O) groups excluding carboxylic acids is 4. The number of carbonyl (C=O) groups is 4. The number of hydrogen-bond acceptors (Lipinski definition) is 4. The molecule has 2 atom stereocenters. The van der Waals surface area contributed by atoms with Crippen molar-refractivity contribution in [2.24, 2.45) is 5.92 Å². The summed E-state index contributed by atoms with van der Waals surface area (Å²) < 4.78 is 27.7. The second kappa shape index (κ2) is 11.5. The molecule has 5 amide bonds. The Bertz CT molecular complexity index is 1280. The van der Waals surface area contributed by atoms with E-state index in [1.54, 1.807) is 19.2 Å². The van der Waals surface area contributed by atoms with Crippen molar-refractivity contribution in [3.63, 3.8) is 0 Å². The van der Waals surface area contributed by atoms with Crippen molar-refractivity contribution < 1.29 is 33.3 Å². The molecule has 9 nitrogen and oxygen atoms in total. The zero-order chi connectivity index (χ0) is 28.3. The Hall–Kier alpha value is -3.86. The van der Waals surface area contributed by atoms with Gasteiger partial charge in [0.25, 0.3) is 5.91 Å². The molecule has 4 N–H and O–H groups in total. The average Bonchev–Trinajstić information content (AvgIpc) is 3.36. The summed E-state index contributed by atoms with van der Waals surface area (Å²) in [4.78, 5) is 53.8. The van der Waals surface area contributed by atoms with Crippen molar-refractivity contribution in [1.82, 2.24) is 15.1 Å². The highest BCUT2D eigenvalue weighted by Gasteiger charge is 2.54.